The molecule has 4 aliphatic heterocycles. The van der Waals surface area contributed by atoms with Crippen LogP contribution in [0.2, 0.25) is 0 Å². The van der Waals surface area contributed by atoms with E-state index in [1.807, 2.05) is 0 Å². The maximum absolute atomic E-state index is 3.94. The fraction of sp³-hybridized carbons (Fsp3) is 1.00. The van der Waals surface area contributed by atoms with Gasteiger partial charge in [0, 0.05) is 23.9 Å². The second-order valence-electron chi connectivity index (χ2n) is 5.38. The lowest BCUT2D eigenvalue weighted by Crippen LogP contribution is -2.58. The highest BCUT2D eigenvalue weighted by molar-refractivity contribution is 8.00. The van der Waals surface area contributed by atoms with Gasteiger partial charge in [-0.1, -0.05) is 6.92 Å². The summed E-state index contributed by atoms with van der Waals surface area (Å²) in [5.74, 6) is 2.34. The van der Waals surface area contributed by atoms with Gasteiger partial charge in [-0.2, -0.15) is 11.8 Å². The monoisotopic (exact) mass is 226 g/mol. The van der Waals surface area contributed by atoms with Gasteiger partial charge in [0.05, 0.1) is 0 Å². The van der Waals surface area contributed by atoms with Gasteiger partial charge in [-0.25, -0.2) is 0 Å². The predicted molar refractivity (Wildman–Crippen MR) is 66.4 cm³/mol. The molecule has 15 heavy (non-hydrogen) atoms. The maximum Gasteiger partial charge on any atom is 0.0227 e. The lowest BCUT2D eigenvalue weighted by Gasteiger charge is -2.46. The van der Waals surface area contributed by atoms with Crippen LogP contribution in [0.1, 0.15) is 26.2 Å². The molecule has 0 radical (unpaired) electrons. The van der Waals surface area contributed by atoms with E-state index >= 15 is 0 Å². The first kappa shape index (κ1) is 10.4. The topological polar surface area (TPSA) is 15.3 Å². The molecular formula is C12H22N2S. The third kappa shape index (κ3) is 2.06. The van der Waals surface area contributed by atoms with Crippen molar-refractivity contribution in [2.45, 2.75) is 43.5 Å². The van der Waals surface area contributed by atoms with Gasteiger partial charge in [0.25, 0.3) is 0 Å². The molecule has 0 aromatic rings. The molecule has 4 saturated heterocycles. The number of piperidine rings is 3. The zero-order valence-corrected chi connectivity index (χ0v) is 10.4. The molecule has 86 valence electrons. The van der Waals surface area contributed by atoms with Gasteiger partial charge in [0.2, 0.25) is 0 Å². The normalized spacial score (nSPS) is 49.8. The van der Waals surface area contributed by atoms with Crippen molar-refractivity contribution in [3.8, 4) is 0 Å². The molecule has 0 amide bonds. The minimum Gasteiger partial charge on any atom is -0.309 e. The minimum atomic E-state index is 0.792. The summed E-state index contributed by atoms with van der Waals surface area (Å²) in [6.45, 7) is 6.42. The number of fused-ring (bicyclic) bond motifs is 3. The number of hydrogen-bond acceptors (Lipinski definition) is 3. The van der Waals surface area contributed by atoms with E-state index in [4.69, 9.17) is 0 Å². The third-order valence-electron chi connectivity index (χ3n) is 4.46. The Hall–Kier alpha value is 0.270. The molecular weight excluding hydrogens is 204 g/mol. The van der Waals surface area contributed by atoms with Crippen molar-refractivity contribution in [2.75, 3.05) is 25.4 Å². The Morgan fingerprint density at radius 2 is 1.93 bits per heavy atom. The Morgan fingerprint density at radius 1 is 1.13 bits per heavy atom. The number of hydrogen-bond donors (Lipinski definition) is 1. The number of rotatable bonds is 2. The van der Waals surface area contributed by atoms with Gasteiger partial charge in [-0.15, -0.1) is 0 Å². The summed E-state index contributed by atoms with van der Waals surface area (Å²) < 4.78 is 0. The smallest absolute Gasteiger partial charge is 0.0227 e. The van der Waals surface area contributed by atoms with Crippen molar-refractivity contribution in [2.24, 2.45) is 5.92 Å². The Kier molecular flexibility index (Phi) is 2.97. The van der Waals surface area contributed by atoms with E-state index in [-0.39, 0.29) is 0 Å². The second-order valence-corrected chi connectivity index (χ2v) is 6.87. The van der Waals surface area contributed by atoms with E-state index in [1.54, 1.807) is 0 Å². The highest BCUT2D eigenvalue weighted by atomic mass is 32.2. The first-order chi connectivity index (χ1) is 7.33. The molecule has 0 saturated carbocycles. The zero-order chi connectivity index (χ0) is 10.3. The van der Waals surface area contributed by atoms with Crippen LogP contribution in [0.3, 0.4) is 0 Å². The van der Waals surface area contributed by atoms with Crippen molar-refractivity contribution < 1.29 is 0 Å². The summed E-state index contributed by atoms with van der Waals surface area (Å²) in [5, 5.41) is 4.77. The van der Waals surface area contributed by atoms with Crippen LogP contribution in [0.4, 0.5) is 0 Å². The fourth-order valence-corrected chi connectivity index (χ4v) is 4.59. The van der Waals surface area contributed by atoms with Crippen LogP contribution >= 0.6 is 11.8 Å². The van der Waals surface area contributed by atoms with E-state index < -0.39 is 0 Å². The van der Waals surface area contributed by atoms with E-state index in [0.717, 1.165) is 23.3 Å². The Labute approximate surface area is 97.2 Å². The zero-order valence-electron chi connectivity index (χ0n) is 9.61. The van der Waals surface area contributed by atoms with Crippen LogP contribution in [0, 0.1) is 5.92 Å². The van der Waals surface area contributed by atoms with E-state index in [1.165, 1.54) is 44.6 Å². The molecule has 4 fully saturated rings. The van der Waals surface area contributed by atoms with Crippen LogP contribution in [0.15, 0.2) is 0 Å². The average molecular weight is 226 g/mol. The molecule has 0 aromatic carbocycles. The number of nitrogens with one attached hydrogen (secondary N) is 1. The highest BCUT2D eigenvalue weighted by Gasteiger charge is 2.36. The van der Waals surface area contributed by atoms with Crippen LogP contribution in [0.25, 0.3) is 0 Å². The first-order valence-corrected chi connectivity index (χ1v) is 7.48. The second kappa shape index (κ2) is 4.27. The van der Waals surface area contributed by atoms with E-state index in [2.05, 4.69) is 28.9 Å². The lowest BCUT2D eigenvalue weighted by atomic mass is 9.83. The van der Waals surface area contributed by atoms with E-state index in [9.17, 15) is 0 Å². The molecule has 4 aliphatic rings. The molecule has 1 N–H and O–H groups in total. The molecule has 0 spiro atoms. The summed E-state index contributed by atoms with van der Waals surface area (Å²) in [5.41, 5.74) is 0. The SMILES string of the molecule is CC1SCCC1NC1CN2CCC1CC2. The van der Waals surface area contributed by atoms with Gasteiger partial charge in [0.1, 0.15) is 0 Å². The van der Waals surface area contributed by atoms with Gasteiger partial charge < -0.3 is 10.2 Å². The molecule has 3 atom stereocenters. The molecule has 2 bridgehead atoms. The summed E-state index contributed by atoms with van der Waals surface area (Å²) in [4.78, 5) is 2.64. The van der Waals surface area contributed by atoms with Crippen molar-refractivity contribution in [3.05, 3.63) is 0 Å². The molecule has 4 rings (SSSR count). The summed E-state index contributed by atoms with van der Waals surface area (Å²) in [7, 11) is 0. The van der Waals surface area contributed by atoms with Crippen molar-refractivity contribution in [3.63, 3.8) is 0 Å². The summed E-state index contributed by atoms with van der Waals surface area (Å²) >= 11 is 2.14. The lowest BCUT2D eigenvalue weighted by molar-refractivity contribution is 0.0672. The average Bonchev–Trinajstić information content (AvgIpc) is 2.66. The van der Waals surface area contributed by atoms with Gasteiger partial charge in [-0.3, -0.25) is 0 Å². The molecule has 3 unspecified atom stereocenters. The number of thioether (sulfide) groups is 1. The van der Waals surface area contributed by atoms with Crippen molar-refractivity contribution in [1.29, 1.82) is 0 Å². The summed E-state index contributed by atoms with van der Waals surface area (Å²) in [6.07, 6.45) is 4.26. The van der Waals surface area contributed by atoms with Crippen LogP contribution < -0.4 is 5.32 Å². The quantitative estimate of drug-likeness (QED) is 0.769. The molecule has 0 aliphatic carbocycles. The van der Waals surface area contributed by atoms with Crippen molar-refractivity contribution >= 4 is 11.8 Å². The number of nitrogens with zero attached hydrogens (tertiary/aromatic N) is 1. The third-order valence-corrected chi connectivity index (χ3v) is 5.79. The van der Waals surface area contributed by atoms with Crippen LogP contribution in [-0.4, -0.2) is 47.6 Å². The van der Waals surface area contributed by atoms with Gasteiger partial charge in [0.15, 0.2) is 0 Å². The Bertz CT molecular complexity index is 226. The molecule has 3 heteroatoms. The molecule has 4 heterocycles. The van der Waals surface area contributed by atoms with Gasteiger partial charge in [-0.05, 0) is 44.0 Å². The largest absolute Gasteiger partial charge is 0.309 e. The molecule has 2 nitrogen and oxygen atoms in total. The van der Waals surface area contributed by atoms with Crippen molar-refractivity contribution in [1.82, 2.24) is 10.2 Å². The maximum atomic E-state index is 3.94. The first-order valence-electron chi connectivity index (χ1n) is 6.43. The fourth-order valence-electron chi connectivity index (χ4n) is 3.38. The Morgan fingerprint density at radius 3 is 2.47 bits per heavy atom. The Balaban J connectivity index is 1.59. The summed E-state index contributed by atoms with van der Waals surface area (Å²) in [6, 6.07) is 1.60. The van der Waals surface area contributed by atoms with Crippen LogP contribution in [-0.2, 0) is 0 Å². The standard InChI is InChI=1S/C12H22N2S/c1-9-11(4-7-15-9)13-12-8-14-5-2-10(12)3-6-14/h9-13H,2-8H2,1H3. The van der Waals surface area contributed by atoms with E-state index in [0.29, 0.717) is 0 Å². The highest BCUT2D eigenvalue weighted by Crippen LogP contribution is 2.31. The molecule has 0 aromatic heterocycles. The minimum absolute atomic E-state index is 0.792. The van der Waals surface area contributed by atoms with Gasteiger partial charge >= 0.3 is 0 Å². The van der Waals surface area contributed by atoms with Crippen LogP contribution in [0.5, 0.6) is 0 Å². The predicted octanol–water partition coefficient (Wildman–Crippen LogP) is 1.56.